The van der Waals surface area contributed by atoms with Gasteiger partial charge in [0, 0.05) is 37.0 Å². The normalized spacial score (nSPS) is 36.0. The second-order valence-electron chi connectivity index (χ2n) is 5.56. The minimum atomic E-state index is 0.748. The van der Waals surface area contributed by atoms with Crippen LogP contribution < -0.4 is 5.32 Å². The van der Waals surface area contributed by atoms with Crippen LogP contribution >= 0.6 is 11.8 Å². The van der Waals surface area contributed by atoms with Crippen LogP contribution in [0.5, 0.6) is 0 Å². The smallest absolute Gasteiger partial charge is 0.0215 e. The van der Waals surface area contributed by atoms with Gasteiger partial charge in [0.2, 0.25) is 0 Å². The van der Waals surface area contributed by atoms with Crippen molar-refractivity contribution in [1.29, 1.82) is 0 Å². The Morgan fingerprint density at radius 2 is 2.12 bits per heavy atom. The third-order valence-electron chi connectivity index (χ3n) is 4.36. The van der Waals surface area contributed by atoms with Crippen molar-refractivity contribution in [3.8, 4) is 0 Å². The zero-order valence-electron chi connectivity index (χ0n) is 11.5. The van der Waals surface area contributed by atoms with E-state index < -0.39 is 0 Å². The van der Waals surface area contributed by atoms with E-state index in [1.54, 1.807) is 0 Å². The molecule has 3 heteroatoms. The highest BCUT2D eigenvalue weighted by Gasteiger charge is 2.32. The zero-order valence-corrected chi connectivity index (χ0v) is 12.3. The Morgan fingerprint density at radius 3 is 2.88 bits per heavy atom. The average molecular weight is 256 g/mol. The van der Waals surface area contributed by atoms with Crippen LogP contribution in [0.25, 0.3) is 0 Å². The SMILES string of the molecule is CCCC1CN(C2CCCCC2SC)CCN1. The molecule has 0 aromatic heterocycles. The largest absolute Gasteiger partial charge is 0.311 e. The summed E-state index contributed by atoms with van der Waals surface area (Å²) in [6, 6.07) is 1.61. The standard InChI is InChI=1S/C14H28N2S/c1-3-6-12-11-16(10-9-15-12)13-7-4-5-8-14(13)17-2/h12-15H,3-11H2,1-2H3. The van der Waals surface area contributed by atoms with Gasteiger partial charge in [-0.05, 0) is 25.5 Å². The lowest BCUT2D eigenvalue weighted by Crippen LogP contribution is -2.56. The molecule has 1 aliphatic carbocycles. The molecule has 100 valence electrons. The van der Waals surface area contributed by atoms with Crippen molar-refractivity contribution in [1.82, 2.24) is 10.2 Å². The average Bonchev–Trinajstić information content (AvgIpc) is 2.39. The first kappa shape index (κ1) is 13.7. The Labute approximate surface area is 111 Å². The van der Waals surface area contributed by atoms with Crippen LogP contribution in [0.3, 0.4) is 0 Å². The Morgan fingerprint density at radius 1 is 1.29 bits per heavy atom. The lowest BCUT2D eigenvalue weighted by Gasteiger charge is -2.43. The molecule has 1 N–H and O–H groups in total. The summed E-state index contributed by atoms with van der Waals surface area (Å²) in [5.41, 5.74) is 0. The molecule has 17 heavy (non-hydrogen) atoms. The first-order chi connectivity index (χ1) is 8.35. The van der Waals surface area contributed by atoms with Gasteiger partial charge in [0.25, 0.3) is 0 Å². The highest BCUT2D eigenvalue weighted by atomic mass is 32.2. The van der Waals surface area contributed by atoms with Crippen LogP contribution in [-0.4, -0.2) is 48.1 Å². The number of thioether (sulfide) groups is 1. The van der Waals surface area contributed by atoms with Crippen LogP contribution in [0.15, 0.2) is 0 Å². The van der Waals surface area contributed by atoms with E-state index in [2.05, 4.69) is 35.2 Å². The van der Waals surface area contributed by atoms with Crippen molar-refractivity contribution in [3.05, 3.63) is 0 Å². The minimum Gasteiger partial charge on any atom is -0.311 e. The molecule has 0 bridgehead atoms. The van der Waals surface area contributed by atoms with Gasteiger partial charge >= 0.3 is 0 Å². The van der Waals surface area contributed by atoms with Gasteiger partial charge in [-0.1, -0.05) is 26.2 Å². The highest BCUT2D eigenvalue weighted by molar-refractivity contribution is 7.99. The number of hydrogen-bond acceptors (Lipinski definition) is 3. The number of rotatable bonds is 4. The Kier molecular flexibility index (Phi) is 5.64. The maximum absolute atomic E-state index is 3.67. The molecule has 2 rings (SSSR count). The molecule has 2 fully saturated rings. The fourth-order valence-corrected chi connectivity index (χ4v) is 4.49. The van der Waals surface area contributed by atoms with Crippen molar-refractivity contribution in [2.45, 2.75) is 62.8 Å². The Bertz CT molecular complexity index is 220. The van der Waals surface area contributed by atoms with E-state index in [1.165, 1.54) is 58.2 Å². The van der Waals surface area contributed by atoms with Gasteiger partial charge in [-0.15, -0.1) is 0 Å². The maximum atomic E-state index is 3.67. The number of hydrogen-bond donors (Lipinski definition) is 1. The van der Waals surface area contributed by atoms with Crippen LogP contribution in [0, 0.1) is 0 Å². The van der Waals surface area contributed by atoms with Crippen LogP contribution in [0.4, 0.5) is 0 Å². The van der Waals surface area contributed by atoms with Crippen LogP contribution in [-0.2, 0) is 0 Å². The van der Waals surface area contributed by atoms with E-state index >= 15 is 0 Å². The van der Waals surface area contributed by atoms with Gasteiger partial charge < -0.3 is 5.32 Å². The van der Waals surface area contributed by atoms with Crippen molar-refractivity contribution in [2.24, 2.45) is 0 Å². The lowest BCUT2D eigenvalue weighted by atomic mass is 9.92. The Balaban J connectivity index is 1.90. The molecule has 0 aromatic rings. The number of nitrogens with one attached hydrogen (secondary N) is 1. The van der Waals surface area contributed by atoms with Gasteiger partial charge in [0.15, 0.2) is 0 Å². The molecule has 1 saturated heterocycles. The predicted molar refractivity (Wildman–Crippen MR) is 77.8 cm³/mol. The summed E-state index contributed by atoms with van der Waals surface area (Å²) < 4.78 is 0. The van der Waals surface area contributed by atoms with Crippen molar-refractivity contribution in [3.63, 3.8) is 0 Å². The van der Waals surface area contributed by atoms with Gasteiger partial charge in [0.1, 0.15) is 0 Å². The molecule has 1 saturated carbocycles. The second-order valence-corrected chi connectivity index (χ2v) is 6.64. The third-order valence-corrected chi connectivity index (χ3v) is 5.52. The molecule has 2 nitrogen and oxygen atoms in total. The van der Waals surface area contributed by atoms with Gasteiger partial charge in [-0.2, -0.15) is 11.8 Å². The fraction of sp³-hybridized carbons (Fsp3) is 1.00. The molecule has 0 spiro atoms. The first-order valence-corrected chi connectivity index (χ1v) is 8.64. The van der Waals surface area contributed by atoms with Crippen LogP contribution in [0.1, 0.15) is 45.4 Å². The first-order valence-electron chi connectivity index (χ1n) is 7.35. The zero-order chi connectivity index (χ0) is 12.1. The van der Waals surface area contributed by atoms with E-state index in [0.717, 1.165) is 17.3 Å². The topological polar surface area (TPSA) is 15.3 Å². The highest BCUT2D eigenvalue weighted by Crippen LogP contribution is 2.31. The summed E-state index contributed by atoms with van der Waals surface area (Å²) in [4.78, 5) is 2.79. The molecular formula is C14H28N2S. The molecule has 1 heterocycles. The lowest BCUT2D eigenvalue weighted by molar-refractivity contribution is 0.117. The molecule has 0 radical (unpaired) electrons. The number of piperazine rings is 1. The molecule has 1 aliphatic heterocycles. The van der Waals surface area contributed by atoms with Crippen molar-refractivity contribution >= 4 is 11.8 Å². The maximum Gasteiger partial charge on any atom is 0.0215 e. The van der Waals surface area contributed by atoms with E-state index in [4.69, 9.17) is 0 Å². The van der Waals surface area contributed by atoms with Gasteiger partial charge in [-0.3, -0.25) is 4.90 Å². The summed E-state index contributed by atoms with van der Waals surface area (Å²) >= 11 is 2.10. The third kappa shape index (κ3) is 3.62. The summed E-state index contributed by atoms with van der Waals surface area (Å²) in [5.74, 6) is 0. The summed E-state index contributed by atoms with van der Waals surface area (Å²) in [5, 5.41) is 4.57. The molecule has 3 atom stereocenters. The summed E-state index contributed by atoms with van der Waals surface area (Å²) in [6.45, 7) is 6.05. The predicted octanol–water partition coefficient (Wildman–Crippen LogP) is 2.73. The fourth-order valence-electron chi connectivity index (χ4n) is 3.46. The molecule has 0 aromatic carbocycles. The van der Waals surface area contributed by atoms with Gasteiger partial charge in [-0.25, -0.2) is 0 Å². The number of nitrogens with zero attached hydrogens (tertiary/aromatic N) is 1. The Hall–Kier alpha value is 0.270. The molecule has 0 amide bonds. The minimum absolute atomic E-state index is 0.748. The van der Waals surface area contributed by atoms with Crippen LogP contribution in [0.2, 0.25) is 0 Å². The summed E-state index contributed by atoms with van der Waals surface area (Å²) in [7, 11) is 0. The monoisotopic (exact) mass is 256 g/mol. The van der Waals surface area contributed by atoms with Crippen molar-refractivity contribution < 1.29 is 0 Å². The van der Waals surface area contributed by atoms with Gasteiger partial charge in [0.05, 0.1) is 0 Å². The van der Waals surface area contributed by atoms with E-state index in [0.29, 0.717) is 0 Å². The molecule has 3 unspecified atom stereocenters. The quantitative estimate of drug-likeness (QED) is 0.832. The van der Waals surface area contributed by atoms with Crippen molar-refractivity contribution in [2.75, 3.05) is 25.9 Å². The molecule has 2 aliphatic rings. The van der Waals surface area contributed by atoms with E-state index in [-0.39, 0.29) is 0 Å². The molecular weight excluding hydrogens is 228 g/mol. The van der Waals surface area contributed by atoms with E-state index in [1.807, 2.05) is 0 Å². The van der Waals surface area contributed by atoms with E-state index in [9.17, 15) is 0 Å². The second kappa shape index (κ2) is 7.01. The summed E-state index contributed by atoms with van der Waals surface area (Å²) in [6.07, 6.45) is 10.7.